The molecule has 0 atom stereocenters. The minimum Gasteiger partial charge on any atom is -0.462 e. The highest BCUT2D eigenvalue weighted by molar-refractivity contribution is 5.89. The molecule has 1 rings (SSSR count). The van der Waals surface area contributed by atoms with Crippen LogP contribution in [0.2, 0.25) is 0 Å². The molecule has 0 radical (unpaired) electrons. The number of unbranched alkanes of at least 4 members (excludes halogenated alkanes) is 2. The van der Waals surface area contributed by atoms with Gasteiger partial charge in [0.25, 0.3) is 0 Å². The fourth-order valence-corrected chi connectivity index (χ4v) is 1.22. The van der Waals surface area contributed by atoms with E-state index in [2.05, 4.69) is 6.58 Å². The van der Waals surface area contributed by atoms with Gasteiger partial charge >= 0.3 is 5.97 Å². The van der Waals surface area contributed by atoms with Crippen LogP contribution in [0.25, 0.3) is 0 Å². The van der Waals surface area contributed by atoms with E-state index in [0.717, 1.165) is 19.3 Å². The van der Waals surface area contributed by atoms with Crippen molar-refractivity contribution in [2.24, 2.45) is 0 Å². The van der Waals surface area contributed by atoms with Crippen LogP contribution in [0.15, 0.2) is 36.9 Å². The van der Waals surface area contributed by atoms with Crippen molar-refractivity contribution in [2.45, 2.75) is 19.3 Å². The van der Waals surface area contributed by atoms with E-state index in [-0.39, 0.29) is 5.82 Å². The molecule has 0 spiro atoms. The van der Waals surface area contributed by atoms with E-state index >= 15 is 0 Å². The molecule has 0 fully saturated rings. The van der Waals surface area contributed by atoms with Gasteiger partial charge < -0.3 is 4.74 Å². The molecule has 0 amide bonds. The zero-order valence-electron chi connectivity index (χ0n) is 9.12. The molecule has 16 heavy (non-hydrogen) atoms. The van der Waals surface area contributed by atoms with E-state index in [9.17, 15) is 9.18 Å². The van der Waals surface area contributed by atoms with Gasteiger partial charge in [0.2, 0.25) is 0 Å². The molecule has 3 heteroatoms. The maximum atomic E-state index is 12.6. The summed E-state index contributed by atoms with van der Waals surface area (Å²) < 4.78 is 17.6. The van der Waals surface area contributed by atoms with Crippen molar-refractivity contribution in [1.82, 2.24) is 0 Å². The molecular formula is C13H15FO2. The molecule has 2 nitrogen and oxygen atoms in total. The molecule has 0 heterocycles. The van der Waals surface area contributed by atoms with Gasteiger partial charge in [-0.05, 0) is 43.5 Å². The summed E-state index contributed by atoms with van der Waals surface area (Å²) in [4.78, 5) is 11.4. The number of ether oxygens (including phenoxy) is 1. The number of allylic oxidation sites excluding steroid dienone is 1. The summed E-state index contributed by atoms with van der Waals surface area (Å²) in [5.41, 5.74) is 0.380. The fourth-order valence-electron chi connectivity index (χ4n) is 1.22. The van der Waals surface area contributed by atoms with Crippen LogP contribution >= 0.6 is 0 Å². The molecule has 0 bridgehead atoms. The van der Waals surface area contributed by atoms with E-state index in [1.54, 1.807) is 0 Å². The number of carbonyl (C=O) groups is 1. The van der Waals surface area contributed by atoms with Crippen LogP contribution in [0.5, 0.6) is 0 Å². The summed E-state index contributed by atoms with van der Waals surface area (Å²) in [6.07, 6.45) is 4.54. The number of benzene rings is 1. The highest BCUT2D eigenvalue weighted by Crippen LogP contribution is 2.05. The average Bonchev–Trinajstić information content (AvgIpc) is 2.29. The van der Waals surface area contributed by atoms with Gasteiger partial charge in [-0.3, -0.25) is 0 Å². The first kappa shape index (κ1) is 12.4. The lowest BCUT2D eigenvalue weighted by Gasteiger charge is -2.03. The summed E-state index contributed by atoms with van der Waals surface area (Å²) >= 11 is 0. The molecule has 0 aliphatic heterocycles. The predicted molar refractivity (Wildman–Crippen MR) is 60.7 cm³/mol. The Hall–Kier alpha value is -1.64. The van der Waals surface area contributed by atoms with Crippen molar-refractivity contribution in [2.75, 3.05) is 6.61 Å². The predicted octanol–water partition coefficient (Wildman–Crippen LogP) is 3.34. The maximum absolute atomic E-state index is 12.6. The van der Waals surface area contributed by atoms with E-state index in [0.29, 0.717) is 12.2 Å². The van der Waals surface area contributed by atoms with Crippen molar-refractivity contribution in [1.29, 1.82) is 0 Å². The topological polar surface area (TPSA) is 26.3 Å². The molecule has 0 saturated carbocycles. The third-order valence-corrected chi connectivity index (χ3v) is 2.12. The van der Waals surface area contributed by atoms with Gasteiger partial charge in [-0.2, -0.15) is 0 Å². The molecule has 0 aromatic heterocycles. The van der Waals surface area contributed by atoms with Crippen LogP contribution in [0.3, 0.4) is 0 Å². The Kier molecular flexibility index (Phi) is 5.26. The zero-order valence-corrected chi connectivity index (χ0v) is 9.12. The second-order valence-electron chi connectivity index (χ2n) is 3.43. The Morgan fingerprint density at radius 1 is 1.31 bits per heavy atom. The van der Waals surface area contributed by atoms with Gasteiger partial charge in [-0.1, -0.05) is 6.08 Å². The van der Waals surface area contributed by atoms with E-state index < -0.39 is 5.97 Å². The Balaban J connectivity index is 2.29. The largest absolute Gasteiger partial charge is 0.462 e. The summed E-state index contributed by atoms with van der Waals surface area (Å²) in [5.74, 6) is -0.763. The molecular weight excluding hydrogens is 207 g/mol. The fraction of sp³-hybridized carbons (Fsp3) is 0.308. The van der Waals surface area contributed by atoms with Gasteiger partial charge in [0, 0.05) is 0 Å². The smallest absolute Gasteiger partial charge is 0.338 e. The van der Waals surface area contributed by atoms with Crippen LogP contribution in [0.1, 0.15) is 29.6 Å². The normalized spacial score (nSPS) is 9.81. The molecule has 0 N–H and O–H groups in total. The molecule has 0 aliphatic carbocycles. The molecule has 1 aromatic carbocycles. The van der Waals surface area contributed by atoms with Crippen molar-refractivity contribution in [3.05, 3.63) is 48.3 Å². The Labute approximate surface area is 94.7 Å². The molecule has 0 saturated heterocycles. The van der Waals surface area contributed by atoms with Gasteiger partial charge in [-0.15, -0.1) is 6.58 Å². The summed E-state index contributed by atoms with van der Waals surface area (Å²) in [7, 11) is 0. The van der Waals surface area contributed by atoms with Crippen LogP contribution in [0.4, 0.5) is 4.39 Å². The minimum absolute atomic E-state index is 0.359. The van der Waals surface area contributed by atoms with Gasteiger partial charge in [0.1, 0.15) is 5.82 Å². The third-order valence-electron chi connectivity index (χ3n) is 2.12. The zero-order chi connectivity index (χ0) is 11.8. The first-order valence-corrected chi connectivity index (χ1v) is 5.27. The number of rotatable bonds is 6. The van der Waals surface area contributed by atoms with E-state index in [4.69, 9.17) is 4.74 Å². The van der Waals surface area contributed by atoms with Crippen LogP contribution in [-0.2, 0) is 4.74 Å². The van der Waals surface area contributed by atoms with Crippen LogP contribution < -0.4 is 0 Å². The monoisotopic (exact) mass is 222 g/mol. The van der Waals surface area contributed by atoms with Crippen molar-refractivity contribution < 1.29 is 13.9 Å². The Bertz CT molecular complexity index is 343. The standard InChI is InChI=1S/C13H15FO2/c1-2-3-4-5-10-16-13(15)11-6-8-12(14)9-7-11/h2,6-9H,1,3-5,10H2. The van der Waals surface area contributed by atoms with E-state index in [1.165, 1.54) is 24.3 Å². The first-order chi connectivity index (χ1) is 7.74. The van der Waals surface area contributed by atoms with Crippen LogP contribution in [-0.4, -0.2) is 12.6 Å². The SMILES string of the molecule is C=CCCCCOC(=O)c1ccc(F)cc1. The first-order valence-electron chi connectivity index (χ1n) is 5.27. The number of esters is 1. The van der Waals surface area contributed by atoms with Crippen molar-refractivity contribution >= 4 is 5.97 Å². The quantitative estimate of drug-likeness (QED) is 0.419. The van der Waals surface area contributed by atoms with Crippen molar-refractivity contribution in [3.8, 4) is 0 Å². The lowest BCUT2D eigenvalue weighted by Crippen LogP contribution is -2.06. The number of halogens is 1. The Morgan fingerprint density at radius 2 is 2.00 bits per heavy atom. The van der Waals surface area contributed by atoms with Crippen LogP contribution in [0, 0.1) is 5.82 Å². The average molecular weight is 222 g/mol. The highest BCUT2D eigenvalue weighted by atomic mass is 19.1. The summed E-state index contributed by atoms with van der Waals surface area (Å²) in [6.45, 7) is 4.00. The molecule has 1 aromatic rings. The molecule has 0 unspecified atom stereocenters. The third kappa shape index (κ3) is 4.26. The second-order valence-corrected chi connectivity index (χ2v) is 3.43. The van der Waals surface area contributed by atoms with Gasteiger partial charge in [0.05, 0.1) is 12.2 Å². The van der Waals surface area contributed by atoms with Gasteiger partial charge in [-0.25, -0.2) is 9.18 Å². The second kappa shape index (κ2) is 6.77. The van der Waals surface area contributed by atoms with Gasteiger partial charge in [0.15, 0.2) is 0 Å². The Morgan fingerprint density at radius 3 is 2.62 bits per heavy atom. The molecule has 86 valence electrons. The van der Waals surface area contributed by atoms with E-state index in [1.807, 2.05) is 6.08 Å². The number of hydrogen-bond donors (Lipinski definition) is 0. The summed E-state index contributed by atoms with van der Waals surface area (Å²) in [5, 5.41) is 0. The van der Waals surface area contributed by atoms with Crippen molar-refractivity contribution in [3.63, 3.8) is 0 Å². The minimum atomic E-state index is -0.404. The number of carbonyl (C=O) groups excluding carboxylic acids is 1. The lowest BCUT2D eigenvalue weighted by atomic mass is 10.2. The lowest BCUT2D eigenvalue weighted by molar-refractivity contribution is 0.0498. The summed E-state index contributed by atoms with van der Waals surface area (Å²) in [6, 6.07) is 5.32. The number of hydrogen-bond acceptors (Lipinski definition) is 2. The molecule has 0 aliphatic rings. The highest BCUT2D eigenvalue weighted by Gasteiger charge is 2.05. The maximum Gasteiger partial charge on any atom is 0.338 e.